The van der Waals surface area contributed by atoms with Crippen LogP contribution >= 0.6 is 0 Å². The normalized spacial score (nSPS) is 18.4. The molecule has 0 saturated carbocycles. The smallest absolute Gasteiger partial charge is 0.122 e. The van der Waals surface area contributed by atoms with E-state index in [1.165, 1.54) is 5.56 Å². The Bertz CT molecular complexity index is 689. The third kappa shape index (κ3) is 5.42. The van der Waals surface area contributed by atoms with Gasteiger partial charge in [-0.3, -0.25) is 14.8 Å². The Morgan fingerprint density at radius 2 is 1.70 bits per heavy atom. The van der Waals surface area contributed by atoms with Crippen LogP contribution in [-0.4, -0.2) is 66.4 Å². The fraction of sp³-hybridized carbons (Fsp3) is 0.476. The third-order valence-electron chi connectivity index (χ3n) is 5.10. The second kappa shape index (κ2) is 9.69. The minimum atomic E-state index is 0.200. The van der Waals surface area contributed by atoms with E-state index in [2.05, 4.69) is 39.0 Å². The summed E-state index contributed by atoms with van der Waals surface area (Å²) in [5.41, 5.74) is 2.44. The predicted octanol–water partition coefficient (Wildman–Crippen LogP) is 2.17. The van der Waals surface area contributed by atoms with Crippen LogP contribution in [0.3, 0.4) is 0 Å². The lowest BCUT2D eigenvalue weighted by molar-refractivity contribution is 0.0499. The van der Waals surface area contributed by atoms with Crippen molar-refractivity contribution < 1.29 is 14.6 Å². The number of aliphatic hydroxyl groups excluding tert-OH is 1. The zero-order valence-corrected chi connectivity index (χ0v) is 16.2. The van der Waals surface area contributed by atoms with E-state index in [1.54, 1.807) is 14.2 Å². The van der Waals surface area contributed by atoms with Crippen LogP contribution in [0.5, 0.6) is 11.5 Å². The first kappa shape index (κ1) is 19.6. The van der Waals surface area contributed by atoms with Gasteiger partial charge in [0.25, 0.3) is 0 Å². The van der Waals surface area contributed by atoms with Crippen LogP contribution in [0, 0.1) is 0 Å². The summed E-state index contributed by atoms with van der Waals surface area (Å²) in [6.45, 7) is 4.86. The molecule has 0 amide bonds. The number of nitrogens with zero attached hydrogens (tertiary/aromatic N) is 3. The van der Waals surface area contributed by atoms with Crippen molar-refractivity contribution in [3.63, 3.8) is 0 Å². The highest BCUT2D eigenvalue weighted by Crippen LogP contribution is 2.25. The molecule has 1 fully saturated rings. The van der Waals surface area contributed by atoms with Crippen molar-refractivity contribution in [2.75, 3.05) is 40.5 Å². The summed E-state index contributed by atoms with van der Waals surface area (Å²) in [6, 6.07) is 10.5. The van der Waals surface area contributed by atoms with Gasteiger partial charge in [0.15, 0.2) is 0 Å². The molecule has 6 nitrogen and oxygen atoms in total. The number of aromatic nitrogens is 1. The molecule has 0 bridgehead atoms. The standard InChI is InChI=1S/C21H29N3O3/c1-26-20-11-18(12-21(13-20)27-2)15-24-9-8-23(16-19(24)5-10-25)14-17-3-6-22-7-4-17/h3-4,6-7,11-13,19,25H,5,8-10,14-16H2,1-2H3/t19-/m1/s1. The quantitative estimate of drug-likeness (QED) is 0.768. The van der Waals surface area contributed by atoms with Crippen molar-refractivity contribution in [1.82, 2.24) is 14.8 Å². The Balaban J connectivity index is 1.67. The first-order valence-electron chi connectivity index (χ1n) is 9.40. The molecule has 3 rings (SSSR count). The Labute approximate surface area is 161 Å². The number of methoxy groups -OCH3 is 2. The highest BCUT2D eigenvalue weighted by Gasteiger charge is 2.26. The van der Waals surface area contributed by atoms with Crippen LogP contribution in [0.15, 0.2) is 42.7 Å². The zero-order chi connectivity index (χ0) is 19.1. The molecule has 1 saturated heterocycles. The van der Waals surface area contributed by atoms with E-state index >= 15 is 0 Å². The number of ether oxygens (including phenoxy) is 2. The number of pyridine rings is 1. The van der Waals surface area contributed by atoms with E-state index in [0.717, 1.165) is 56.2 Å². The Morgan fingerprint density at radius 3 is 2.33 bits per heavy atom. The lowest BCUT2D eigenvalue weighted by Gasteiger charge is -2.41. The van der Waals surface area contributed by atoms with Gasteiger partial charge in [-0.2, -0.15) is 0 Å². The summed E-state index contributed by atoms with van der Waals surface area (Å²) in [6.07, 6.45) is 4.45. The summed E-state index contributed by atoms with van der Waals surface area (Å²) in [5, 5.41) is 9.55. The molecule has 1 N–H and O–H groups in total. The monoisotopic (exact) mass is 371 g/mol. The minimum Gasteiger partial charge on any atom is -0.497 e. The molecule has 0 radical (unpaired) electrons. The van der Waals surface area contributed by atoms with Crippen molar-refractivity contribution in [3.8, 4) is 11.5 Å². The lowest BCUT2D eigenvalue weighted by Crippen LogP contribution is -2.52. The fourth-order valence-electron chi connectivity index (χ4n) is 3.67. The van der Waals surface area contributed by atoms with Gasteiger partial charge >= 0.3 is 0 Å². The molecule has 2 aromatic rings. The molecule has 0 aliphatic carbocycles. The zero-order valence-electron chi connectivity index (χ0n) is 16.2. The molecular weight excluding hydrogens is 342 g/mol. The maximum atomic E-state index is 9.55. The molecule has 0 unspecified atom stereocenters. The molecule has 2 heterocycles. The lowest BCUT2D eigenvalue weighted by atomic mass is 10.1. The molecule has 1 atom stereocenters. The number of hydrogen-bond acceptors (Lipinski definition) is 6. The van der Waals surface area contributed by atoms with E-state index in [1.807, 2.05) is 18.5 Å². The van der Waals surface area contributed by atoms with Gasteiger partial charge in [0.2, 0.25) is 0 Å². The summed E-state index contributed by atoms with van der Waals surface area (Å²) in [5.74, 6) is 1.61. The topological polar surface area (TPSA) is 58.1 Å². The number of aliphatic hydroxyl groups is 1. The second-order valence-corrected chi connectivity index (χ2v) is 6.95. The second-order valence-electron chi connectivity index (χ2n) is 6.95. The molecule has 146 valence electrons. The number of rotatable bonds is 8. The van der Waals surface area contributed by atoms with Gasteiger partial charge in [0.1, 0.15) is 11.5 Å². The van der Waals surface area contributed by atoms with Crippen LogP contribution in [0.2, 0.25) is 0 Å². The van der Waals surface area contributed by atoms with E-state index in [-0.39, 0.29) is 6.61 Å². The fourth-order valence-corrected chi connectivity index (χ4v) is 3.67. The van der Waals surface area contributed by atoms with Crippen LogP contribution in [0.4, 0.5) is 0 Å². The van der Waals surface area contributed by atoms with E-state index in [4.69, 9.17) is 9.47 Å². The summed E-state index contributed by atoms with van der Waals surface area (Å²) < 4.78 is 10.8. The van der Waals surface area contributed by atoms with Crippen molar-refractivity contribution in [3.05, 3.63) is 53.9 Å². The Morgan fingerprint density at radius 1 is 1.00 bits per heavy atom. The number of hydrogen-bond donors (Lipinski definition) is 1. The molecular formula is C21H29N3O3. The van der Waals surface area contributed by atoms with Gasteiger partial charge in [-0.1, -0.05) is 0 Å². The van der Waals surface area contributed by atoms with Crippen molar-refractivity contribution >= 4 is 0 Å². The maximum absolute atomic E-state index is 9.55. The van der Waals surface area contributed by atoms with Crippen LogP contribution in [0.1, 0.15) is 17.5 Å². The van der Waals surface area contributed by atoms with E-state index < -0.39 is 0 Å². The number of piperazine rings is 1. The minimum absolute atomic E-state index is 0.200. The van der Waals surface area contributed by atoms with Crippen LogP contribution in [0.25, 0.3) is 0 Å². The van der Waals surface area contributed by atoms with Crippen molar-refractivity contribution in [2.45, 2.75) is 25.6 Å². The van der Waals surface area contributed by atoms with Crippen LogP contribution in [-0.2, 0) is 13.1 Å². The first-order valence-corrected chi connectivity index (χ1v) is 9.40. The first-order chi connectivity index (χ1) is 13.2. The molecule has 1 aromatic heterocycles. The molecule has 27 heavy (non-hydrogen) atoms. The van der Waals surface area contributed by atoms with Gasteiger partial charge in [0.05, 0.1) is 14.2 Å². The van der Waals surface area contributed by atoms with Crippen LogP contribution < -0.4 is 9.47 Å². The molecule has 0 spiro atoms. The Kier molecular flexibility index (Phi) is 7.04. The maximum Gasteiger partial charge on any atom is 0.122 e. The largest absolute Gasteiger partial charge is 0.497 e. The molecule has 6 heteroatoms. The summed E-state index contributed by atoms with van der Waals surface area (Å²) >= 11 is 0. The van der Waals surface area contributed by atoms with E-state index in [9.17, 15) is 5.11 Å². The predicted molar refractivity (Wildman–Crippen MR) is 105 cm³/mol. The highest BCUT2D eigenvalue weighted by molar-refractivity contribution is 5.38. The van der Waals surface area contributed by atoms with E-state index in [0.29, 0.717) is 6.04 Å². The van der Waals surface area contributed by atoms with Gasteiger partial charge in [-0.25, -0.2) is 0 Å². The molecule has 1 aliphatic rings. The van der Waals surface area contributed by atoms with Gasteiger partial charge in [-0.15, -0.1) is 0 Å². The Hall–Kier alpha value is -2.15. The highest BCUT2D eigenvalue weighted by atomic mass is 16.5. The van der Waals surface area contributed by atoms with Crippen molar-refractivity contribution in [1.29, 1.82) is 0 Å². The summed E-state index contributed by atoms with van der Waals surface area (Å²) in [7, 11) is 3.34. The number of benzene rings is 1. The average Bonchev–Trinajstić information content (AvgIpc) is 2.70. The molecule has 1 aliphatic heterocycles. The molecule has 1 aromatic carbocycles. The van der Waals surface area contributed by atoms with Gasteiger partial charge in [-0.05, 0) is 41.8 Å². The SMILES string of the molecule is COc1cc(CN2CCN(Cc3ccncc3)C[C@H]2CCO)cc(OC)c1. The van der Waals surface area contributed by atoms with Gasteiger partial charge in [0, 0.05) is 63.8 Å². The summed E-state index contributed by atoms with van der Waals surface area (Å²) in [4.78, 5) is 9.00. The van der Waals surface area contributed by atoms with Gasteiger partial charge < -0.3 is 14.6 Å². The average molecular weight is 371 g/mol. The third-order valence-corrected chi connectivity index (χ3v) is 5.10. The van der Waals surface area contributed by atoms with Crippen molar-refractivity contribution in [2.24, 2.45) is 0 Å².